The first-order valence-electron chi connectivity index (χ1n) is 6.85. The number of nitrogens with zero attached hydrogens (tertiary/aromatic N) is 1. The zero-order valence-corrected chi connectivity index (χ0v) is 12.8. The van der Waals surface area contributed by atoms with E-state index in [2.05, 4.69) is 0 Å². The molecule has 1 N–H and O–H groups in total. The average Bonchev–Trinajstić information content (AvgIpc) is 2.96. The molecule has 1 heterocycles. The molecular weight excluding hydrogens is 294 g/mol. The molecule has 1 saturated heterocycles. The zero-order chi connectivity index (χ0) is 15.2. The number of benzene rings is 1. The summed E-state index contributed by atoms with van der Waals surface area (Å²) in [5, 5.41) is 9.15. The summed E-state index contributed by atoms with van der Waals surface area (Å²) in [6.45, 7) is 1.12. The minimum absolute atomic E-state index is 0.149. The molecule has 6 nitrogen and oxygen atoms in total. The number of piperidine rings is 1. The summed E-state index contributed by atoms with van der Waals surface area (Å²) >= 11 is 0. The Morgan fingerprint density at radius 2 is 1.67 bits per heavy atom. The molecule has 0 bridgehead atoms. The lowest BCUT2D eigenvalue weighted by molar-refractivity contribution is 0.247. The quantitative estimate of drug-likeness (QED) is 0.860. The average molecular weight is 313 g/mol. The Morgan fingerprint density at radius 3 is 2.10 bits per heavy atom. The Hall–Kier alpha value is -1.31. The fourth-order valence-corrected chi connectivity index (χ4v) is 4.72. The van der Waals surface area contributed by atoms with Gasteiger partial charge in [0.05, 0.1) is 19.1 Å². The third-order valence-electron chi connectivity index (χ3n) is 4.51. The maximum Gasteiger partial charge on any atom is 0.243 e. The van der Waals surface area contributed by atoms with Crippen LogP contribution in [0.25, 0.3) is 0 Å². The number of aliphatic hydroxyl groups is 1. The highest BCUT2D eigenvalue weighted by Crippen LogP contribution is 2.52. The molecule has 1 saturated carbocycles. The van der Waals surface area contributed by atoms with E-state index >= 15 is 0 Å². The zero-order valence-electron chi connectivity index (χ0n) is 12.0. The second kappa shape index (κ2) is 5.15. The van der Waals surface area contributed by atoms with Gasteiger partial charge in [0.1, 0.15) is 11.5 Å². The van der Waals surface area contributed by atoms with Gasteiger partial charge in [-0.1, -0.05) is 0 Å². The molecule has 1 unspecified atom stereocenters. The predicted molar refractivity (Wildman–Crippen MR) is 75.9 cm³/mol. The van der Waals surface area contributed by atoms with E-state index in [0.29, 0.717) is 36.4 Å². The molecule has 21 heavy (non-hydrogen) atoms. The van der Waals surface area contributed by atoms with Crippen LogP contribution in [0.4, 0.5) is 0 Å². The molecular formula is C14H19NO5S. The second-order valence-corrected chi connectivity index (χ2v) is 7.48. The van der Waals surface area contributed by atoms with E-state index in [-0.39, 0.29) is 17.4 Å². The standard InChI is InChI=1S/C14H19NO5S/c1-19-9-3-10(20-2)5-11(4-9)21(17,18)15-6-12-13(7-15)14(12)8-16/h3-5,12-14,16H,6-8H2,1-2H3/t12-,13+,14?. The van der Waals surface area contributed by atoms with Gasteiger partial charge in [-0.25, -0.2) is 8.42 Å². The molecule has 0 spiro atoms. The first kappa shape index (κ1) is 14.6. The molecule has 7 heteroatoms. The lowest BCUT2D eigenvalue weighted by Gasteiger charge is -2.20. The maximum absolute atomic E-state index is 12.7. The van der Waals surface area contributed by atoms with Gasteiger partial charge < -0.3 is 14.6 Å². The molecule has 1 aromatic carbocycles. The van der Waals surface area contributed by atoms with Crippen molar-refractivity contribution in [3.63, 3.8) is 0 Å². The molecule has 2 aliphatic rings. The highest BCUT2D eigenvalue weighted by Gasteiger charge is 2.57. The van der Waals surface area contributed by atoms with Crippen molar-refractivity contribution in [2.45, 2.75) is 4.90 Å². The molecule has 3 atom stereocenters. The van der Waals surface area contributed by atoms with E-state index in [1.54, 1.807) is 6.07 Å². The van der Waals surface area contributed by atoms with Crippen molar-refractivity contribution in [1.29, 1.82) is 0 Å². The molecule has 1 aliphatic carbocycles. The van der Waals surface area contributed by atoms with E-state index in [4.69, 9.17) is 14.6 Å². The van der Waals surface area contributed by atoms with Gasteiger partial charge in [-0.05, 0) is 17.8 Å². The van der Waals surface area contributed by atoms with Gasteiger partial charge in [0.25, 0.3) is 0 Å². The molecule has 0 amide bonds. The van der Waals surface area contributed by atoms with Crippen molar-refractivity contribution in [3.8, 4) is 11.5 Å². The van der Waals surface area contributed by atoms with Crippen LogP contribution in [0.2, 0.25) is 0 Å². The molecule has 0 radical (unpaired) electrons. The van der Waals surface area contributed by atoms with Crippen LogP contribution in [0, 0.1) is 17.8 Å². The number of aliphatic hydroxyl groups excluding tert-OH is 1. The van der Waals surface area contributed by atoms with Gasteiger partial charge >= 0.3 is 0 Å². The second-order valence-electron chi connectivity index (χ2n) is 5.54. The molecule has 3 rings (SSSR count). The summed E-state index contributed by atoms with van der Waals surface area (Å²) in [5.41, 5.74) is 0. The van der Waals surface area contributed by atoms with Gasteiger partial charge in [0.2, 0.25) is 10.0 Å². The number of hydrogen-bond donors (Lipinski definition) is 1. The minimum Gasteiger partial charge on any atom is -0.497 e. The van der Waals surface area contributed by atoms with Crippen LogP contribution >= 0.6 is 0 Å². The molecule has 1 aliphatic heterocycles. The number of fused-ring (bicyclic) bond motifs is 1. The summed E-state index contributed by atoms with van der Waals surface area (Å²) < 4.78 is 37.1. The van der Waals surface area contributed by atoms with Crippen LogP contribution in [-0.2, 0) is 10.0 Å². The SMILES string of the molecule is COc1cc(OC)cc(S(=O)(=O)N2C[C@@H]3C(CO)[C@@H]3C2)c1. The van der Waals surface area contributed by atoms with E-state index in [1.165, 1.54) is 30.7 Å². The van der Waals surface area contributed by atoms with E-state index in [9.17, 15) is 8.42 Å². The molecule has 2 fully saturated rings. The van der Waals surface area contributed by atoms with Gasteiger partial charge in [-0.15, -0.1) is 0 Å². The van der Waals surface area contributed by atoms with Crippen LogP contribution in [-0.4, -0.2) is 51.7 Å². The van der Waals surface area contributed by atoms with Gasteiger partial charge in [0.15, 0.2) is 0 Å². The number of methoxy groups -OCH3 is 2. The van der Waals surface area contributed by atoms with Crippen LogP contribution in [0.3, 0.4) is 0 Å². The Morgan fingerprint density at radius 1 is 1.14 bits per heavy atom. The Kier molecular flexibility index (Phi) is 3.59. The topological polar surface area (TPSA) is 76.1 Å². The van der Waals surface area contributed by atoms with E-state index in [0.717, 1.165) is 0 Å². The van der Waals surface area contributed by atoms with Crippen LogP contribution in [0.1, 0.15) is 0 Å². The van der Waals surface area contributed by atoms with E-state index < -0.39 is 10.0 Å². The summed E-state index contributed by atoms with van der Waals surface area (Å²) in [7, 11) is -0.570. The van der Waals surface area contributed by atoms with Crippen LogP contribution in [0.5, 0.6) is 11.5 Å². The highest BCUT2D eigenvalue weighted by atomic mass is 32.2. The number of rotatable bonds is 5. The first-order chi connectivity index (χ1) is 10.0. The lowest BCUT2D eigenvalue weighted by Crippen LogP contribution is -2.32. The fraction of sp³-hybridized carbons (Fsp3) is 0.571. The van der Waals surface area contributed by atoms with Crippen molar-refractivity contribution in [2.24, 2.45) is 17.8 Å². The normalized spacial score (nSPS) is 28.2. The molecule has 0 aromatic heterocycles. The van der Waals surface area contributed by atoms with Gasteiger partial charge in [0, 0.05) is 37.9 Å². The van der Waals surface area contributed by atoms with Crippen LogP contribution < -0.4 is 9.47 Å². The smallest absolute Gasteiger partial charge is 0.243 e. The van der Waals surface area contributed by atoms with Gasteiger partial charge in [-0.3, -0.25) is 0 Å². The van der Waals surface area contributed by atoms with Crippen molar-refractivity contribution in [1.82, 2.24) is 4.31 Å². The van der Waals surface area contributed by atoms with Crippen LogP contribution in [0.15, 0.2) is 23.1 Å². The van der Waals surface area contributed by atoms with Crippen molar-refractivity contribution >= 4 is 10.0 Å². The first-order valence-corrected chi connectivity index (χ1v) is 8.29. The summed E-state index contributed by atoms with van der Waals surface area (Å²) in [5.74, 6) is 1.78. The fourth-order valence-electron chi connectivity index (χ4n) is 3.16. The minimum atomic E-state index is -3.55. The third-order valence-corrected chi connectivity index (χ3v) is 6.32. The van der Waals surface area contributed by atoms with E-state index in [1.807, 2.05) is 0 Å². The predicted octanol–water partition coefficient (Wildman–Crippen LogP) is 0.563. The largest absolute Gasteiger partial charge is 0.497 e. The summed E-state index contributed by atoms with van der Waals surface area (Å²) in [4.78, 5) is 0.181. The van der Waals surface area contributed by atoms with Crippen molar-refractivity contribution in [2.75, 3.05) is 33.9 Å². The Balaban J connectivity index is 1.86. The number of sulfonamides is 1. The Labute approximate surface area is 124 Å². The monoisotopic (exact) mass is 313 g/mol. The highest BCUT2D eigenvalue weighted by molar-refractivity contribution is 7.89. The number of ether oxygens (including phenoxy) is 2. The lowest BCUT2D eigenvalue weighted by atomic mass is 10.3. The molecule has 1 aromatic rings. The van der Waals surface area contributed by atoms with Crippen molar-refractivity contribution in [3.05, 3.63) is 18.2 Å². The summed E-state index contributed by atoms with van der Waals surface area (Å²) in [6, 6.07) is 4.65. The molecule has 116 valence electrons. The number of hydrogen-bond acceptors (Lipinski definition) is 5. The van der Waals surface area contributed by atoms with Crippen molar-refractivity contribution < 1.29 is 23.0 Å². The maximum atomic E-state index is 12.7. The third kappa shape index (κ3) is 2.39. The Bertz CT molecular complexity index is 611. The summed E-state index contributed by atoms with van der Waals surface area (Å²) in [6.07, 6.45) is 0. The van der Waals surface area contributed by atoms with Gasteiger partial charge in [-0.2, -0.15) is 4.31 Å².